The van der Waals surface area contributed by atoms with Gasteiger partial charge in [-0.15, -0.1) is 10.2 Å². The molecule has 23 heavy (non-hydrogen) atoms. The molecule has 1 spiro atoms. The van der Waals surface area contributed by atoms with Gasteiger partial charge >= 0.3 is 6.03 Å². The minimum absolute atomic E-state index is 0.0929. The van der Waals surface area contributed by atoms with Gasteiger partial charge in [0.05, 0.1) is 0 Å². The van der Waals surface area contributed by atoms with Crippen LogP contribution in [0.25, 0.3) is 10.6 Å². The van der Waals surface area contributed by atoms with Crippen LogP contribution in [0.15, 0.2) is 29.8 Å². The van der Waals surface area contributed by atoms with Gasteiger partial charge in [0.15, 0.2) is 0 Å². The molecule has 0 unspecified atom stereocenters. The summed E-state index contributed by atoms with van der Waals surface area (Å²) in [6.07, 6.45) is 7.56. The number of nitrogens with one attached hydrogen (secondary N) is 2. The Morgan fingerprint density at radius 1 is 1.17 bits per heavy atom. The number of amides is 2. The predicted molar refractivity (Wildman–Crippen MR) is 91.4 cm³/mol. The number of aromatic nitrogens is 2. The molecule has 0 aliphatic heterocycles. The Morgan fingerprint density at radius 3 is 2.57 bits per heavy atom. The Labute approximate surface area is 139 Å². The zero-order valence-corrected chi connectivity index (χ0v) is 13.7. The maximum atomic E-state index is 12.2. The Morgan fingerprint density at radius 2 is 1.96 bits per heavy atom. The molecule has 2 aromatic rings. The summed E-state index contributed by atoms with van der Waals surface area (Å²) in [5.41, 5.74) is 3.93. The first kappa shape index (κ1) is 14.6. The SMILES string of the molecule is O=C(Nc1ccc(-c2nncs2)cc1)N[C@H]1CCC12CCCC2. The largest absolute Gasteiger partial charge is 0.335 e. The Hall–Kier alpha value is -1.95. The van der Waals surface area contributed by atoms with Gasteiger partial charge < -0.3 is 10.6 Å². The highest BCUT2D eigenvalue weighted by molar-refractivity contribution is 7.12. The van der Waals surface area contributed by atoms with E-state index in [0.29, 0.717) is 11.5 Å². The van der Waals surface area contributed by atoms with Gasteiger partial charge in [-0.05, 0) is 55.4 Å². The van der Waals surface area contributed by atoms with Crippen LogP contribution in [-0.2, 0) is 0 Å². The van der Waals surface area contributed by atoms with Gasteiger partial charge in [-0.3, -0.25) is 0 Å². The summed E-state index contributed by atoms with van der Waals surface area (Å²) in [6, 6.07) is 7.98. The first-order chi connectivity index (χ1) is 11.3. The third kappa shape index (κ3) is 2.83. The number of carbonyl (C=O) groups excluding carboxylic acids is 1. The van der Waals surface area contributed by atoms with Crippen LogP contribution in [0.3, 0.4) is 0 Å². The molecule has 1 atom stereocenters. The van der Waals surface area contributed by atoms with E-state index in [2.05, 4.69) is 20.8 Å². The molecule has 2 N–H and O–H groups in total. The number of hydrogen-bond donors (Lipinski definition) is 2. The summed E-state index contributed by atoms with van der Waals surface area (Å²) in [5.74, 6) is 0. The molecule has 0 saturated heterocycles. The average Bonchev–Trinajstić information content (AvgIpc) is 3.24. The number of urea groups is 1. The van der Waals surface area contributed by atoms with Crippen LogP contribution in [0.1, 0.15) is 38.5 Å². The lowest BCUT2D eigenvalue weighted by Gasteiger charge is -2.47. The first-order valence-electron chi connectivity index (χ1n) is 8.19. The standard InChI is InChI=1S/C17H20N4OS/c22-16(20-14-7-10-17(14)8-1-2-9-17)19-13-5-3-12(4-6-13)15-21-18-11-23-15/h3-6,11,14H,1-2,7-10H2,(H2,19,20,22)/t14-/m0/s1. The fraction of sp³-hybridized carbons (Fsp3) is 0.471. The molecule has 120 valence electrons. The summed E-state index contributed by atoms with van der Waals surface area (Å²) >= 11 is 1.50. The molecular formula is C17H20N4OS. The molecule has 6 heteroatoms. The van der Waals surface area contributed by atoms with E-state index < -0.39 is 0 Å². The van der Waals surface area contributed by atoms with Gasteiger partial charge in [0.2, 0.25) is 0 Å². The van der Waals surface area contributed by atoms with Crippen molar-refractivity contribution in [2.75, 3.05) is 5.32 Å². The molecule has 0 bridgehead atoms. The second-order valence-corrected chi connectivity index (χ2v) is 7.41. The lowest BCUT2D eigenvalue weighted by Crippen LogP contribution is -2.54. The molecule has 2 amide bonds. The van der Waals surface area contributed by atoms with Crippen LogP contribution in [0.5, 0.6) is 0 Å². The van der Waals surface area contributed by atoms with Crippen molar-refractivity contribution in [1.82, 2.24) is 15.5 Å². The summed E-state index contributed by atoms with van der Waals surface area (Å²) in [7, 11) is 0. The third-order valence-electron chi connectivity index (χ3n) is 5.32. The van der Waals surface area contributed by atoms with Gasteiger partial charge in [-0.2, -0.15) is 0 Å². The van der Waals surface area contributed by atoms with Crippen molar-refractivity contribution in [3.05, 3.63) is 29.8 Å². The van der Waals surface area contributed by atoms with E-state index in [9.17, 15) is 4.79 Å². The van der Waals surface area contributed by atoms with Crippen molar-refractivity contribution in [1.29, 1.82) is 0 Å². The summed E-state index contributed by atoms with van der Waals surface area (Å²) in [4.78, 5) is 12.2. The number of anilines is 1. The fourth-order valence-electron chi connectivity index (χ4n) is 3.92. The normalized spacial score (nSPS) is 21.8. The molecule has 2 aliphatic carbocycles. The van der Waals surface area contributed by atoms with Gasteiger partial charge in [0, 0.05) is 17.3 Å². The molecule has 0 radical (unpaired) electrons. The van der Waals surface area contributed by atoms with Crippen LogP contribution >= 0.6 is 11.3 Å². The number of carbonyl (C=O) groups is 1. The molecule has 2 saturated carbocycles. The van der Waals surface area contributed by atoms with E-state index in [1.807, 2.05) is 24.3 Å². The molecule has 5 nitrogen and oxygen atoms in total. The summed E-state index contributed by atoms with van der Waals surface area (Å²) in [6.45, 7) is 0. The molecule has 1 aromatic heterocycles. The molecule has 2 fully saturated rings. The van der Waals surface area contributed by atoms with Crippen LogP contribution in [0.2, 0.25) is 0 Å². The van der Waals surface area contributed by atoms with Gasteiger partial charge in [0.25, 0.3) is 0 Å². The Balaban J connectivity index is 1.35. The van der Waals surface area contributed by atoms with E-state index in [4.69, 9.17) is 0 Å². The van der Waals surface area contributed by atoms with Gasteiger partial charge in [-0.25, -0.2) is 4.79 Å². The number of benzene rings is 1. The maximum Gasteiger partial charge on any atom is 0.319 e. The lowest BCUT2D eigenvalue weighted by atomic mass is 9.63. The van der Waals surface area contributed by atoms with Crippen molar-refractivity contribution in [2.24, 2.45) is 5.41 Å². The van der Waals surface area contributed by atoms with Crippen LogP contribution in [0, 0.1) is 5.41 Å². The highest BCUT2D eigenvalue weighted by Crippen LogP contribution is 2.53. The maximum absolute atomic E-state index is 12.2. The molecule has 4 rings (SSSR count). The second-order valence-electron chi connectivity index (χ2n) is 6.58. The summed E-state index contributed by atoms with van der Waals surface area (Å²) in [5, 5.41) is 14.9. The molecule has 1 heterocycles. The van der Waals surface area contributed by atoms with E-state index in [0.717, 1.165) is 22.7 Å². The van der Waals surface area contributed by atoms with Crippen molar-refractivity contribution in [2.45, 2.75) is 44.6 Å². The lowest BCUT2D eigenvalue weighted by molar-refractivity contribution is 0.0811. The average molecular weight is 328 g/mol. The topological polar surface area (TPSA) is 66.9 Å². The van der Waals surface area contributed by atoms with Crippen LogP contribution < -0.4 is 10.6 Å². The van der Waals surface area contributed by atoms with E-state index in [-0.39, 0.29) is 6.03 Å². The monoisotopic (exact) mass is 328 g/mol. The van der Waals surface area contributed by atoms with Crippen LogP contribution in [0.4, 0.5) is 10.5 Å². The highest BCUT2D eigenvalue weighted by Gasteiger charge is 2.48. The molecule has 1 aromatic carbocycles. The zero-order valence-electron chi connectivity index (χ0n) is 12.9. The van der Waals surface area contributed by atoms with Crippen molar-refractivity contribution >= 4 is 23.1 Å². The quantitative estimate of drug-likeness (QED) is 0.893. The molecule has 2 aliphatic rings. The van der Waals surface area contributed by atoms with Crippen LogP contribution in [-0.4, -0.2) is 22.3 Å². The minimum Gasteiger partial charge on any atom is -0.335 e. The van der Waals surface area contributed by atoms with E-state index >= 15 is 0 Å². The highest BCUT2D eigenvalue weighted by atomic mass is 32.1. The van der Waals surface area contributed by atoms with E-state index in [1.165, 1.54) is 43.4 Å². The second kappa shape index (κ2) is 5.92. The number of rotatable bonds is 3. The smallest absolute Gasteiger partial charge is 0.319 e. The van der Waals surface area contributed by atoms with Crippen molar-refractivity contribution in [3.8, 4) is 10.6 Å². The van der Waals surface area contributed by atoms with Crippen molar-refractivity contribution in [3.63, 3.8) is 0 Å². The minimum atomic E-state index is -0.0929. The molecular weight excluding hydrogens is 308 g/mol. The summed E-state index contributed by atoms with van der Waals surface area (Å²) < 4.78 is 0. The zero-order chi connectivity index (χ0) is 15.7. The Bertz CT molecular complexity index is 677. The first-order valence-corrected chi connectivity index (χ1v) is 9.07. The third-order valence-corrected chi connectivity index (χ3v) is 6.06. The number of hydrogen-bond acceptors (Lipinski definition) is 4. The van der Waals surface area contributed by atoms with E-state index in [1.54, 1.807) is 5.51 Å². The fourth-order valence-corrected chi connectivity index (χ4v) is 4.48. The Kier molecular flexibility index (Phi) is 3.77. The van der Waals surface area contributed by atoms with Gasteiger partial charge in [0.1, 0.15) is 10.5 Å². The number of nitrogens with zero attached hydrogens (tertiary/aromatic N) is 2. The van der Waals surface area contributed by atoms with Crippen molar-refractivity contribution < 1.29 is 4.79 Å². The van der Waals surface area contributed by atoms with Gasteiger partial charge in [-0.1, -0.05) is 24.2 Å². The predicted octanol–water partition coefficient (Wildman–Crippen LogP) is 4.05.